The number of hydrogen-bond donors (Lipinski definition) is 1. The molecule has 0 aliphatic rings. The van der Waals surface area contributed by atoms with Crippen molar-refractivity contribution >= 4 is 0 Å². The molecule has 0 aliphatic carbocycles. The van der Waals surface area contributed by atoms with Crippen LogP contribution in [-0.2, 0) is 5.54 Å². The number of halogens is 2. The van der Waals surface area contributed by atoms with Gasteiger partial charge in [0.2, 0.25) is 0 Å². The second-order valence-electron chi connectivity index (χ2n) is 4.07. The van der Waals surface area contributed by atoms with E-state index in [4.69, 9.17) is 5.73 Å². The van der Waals surface area contributed by atoms with Gasteiger partial charge in [-0.2, -0.15) is 0 Å². The third-order valence-corrected chi connectivity index (χ3v) is 2.74. The highest BCUT2D eigenvalue weighted by Crippen LogP contribution is 2.27. The molecule has 1 atom stereocenters. The first-order valence-electron chi connectivity index (χ1n) is 4.60. The molecule has 78 valence electrons. The van der Waals surface area contributed by atoms with Crippen molar-refractivity contribution in [3.63, 3.8) is 0 Å². The molecule has 0 heterocycles. The lowest BCUT2D eigenvalue weighted by molar-refractivity contribution is 0.348. The third-order valence-electron chi connectivity index (χ3n) is 2.74. The molecule has 1 aromatic carbocycles. The van der Waals surface area contributed by atoms with E-state index in [-0.39, 0.29) is 5.92 Å². The highest BCUT2D eigenvalue weighted by atomic mass is 19.2. The van der Waals surface area contributed by atoms with Crippen LogP contribution in [0, 0.1) is 17.6 Å². The van der Waals surface area contributed by atoms with Gasteiger partial charge in [-0.15, -0.1) is 0 Å². The Morgan fingerprint density at radius 2 is 1.79 bits per heavy atom. The Hall–Kier alpha value is -0.960. The smallest absolute Gasteiger partial charge is 0.159 e. The molecule has 0 amide bonds. The van der Waals surface area contributed by atoms with E-state index in [0.717, 1.165) is 12.1 Å². The predicted molar refractivity (Wildman–Crippen MR) is 52.7 cm³/mol. The van der Waals surface area contributed by atoms with Crippen molar-refractivity contribution in [3.8, 4) is 0 Å². The first-order chi connectivity index (χ1) is 6.35. The summed E-state index contributed by atoms with van der Waals surface area (Å²) in [5.41, 5.74) is 6.00. The summed E-state index contributed by atoms with van der Waals surface area (Å²) in [7, 11) is 0. The van der Waals surface area contributed by atoms with Crippen molar-refractivity contribution in [3.05, 3.63) is 35.4 Å². The largest absolute Gasteiger partial charge is 0.321 e. The van der Waals surface area contributed by atoms with Gasteiger partial charge in [0.25, 0.3) is 0 Å². The Morgan fingerprint density at radius 1 is 1.21 bits per heavy atom. The maximum Gasteiger partial charge on any atom is 0.159 e. The van der Waals surface area contributed by atoms with E-state index in [1.807, 2.05) is 20.8 Å². The lowest BCUT2D eigenvalue weighted by Crippen LogP contribution is -2.38. The fourth-order valence-corrected chi connectivity index (χ4v) is 1.16. The fourth-order valence-electron chi connectivity index (χ4n) is 1.16. The van der Waals surface area contributed by atoms with E-state index in [2.05, 4.69) is 0 Å². The average Bonchev–Trinajstić information content (AvgIpc) is 2.09. The minimum atomic E-state index is -0.847. The molecular formula is C11H15F2N. The maximum absolute atomic E-state index is 12.9. The van der Waals surface area contributed by atoms with E-state index in [1.54, 1.807) is 0 Å². The molecular weight excluding hydrogens is 184 g/mol. The third kappa shape index (κ3) is 1.93. The van der Waals surface area contributed by atoms with E-state index in [0.29, 0.717) is 5.56 Å². The quantitative estimate of drug-likeness (QED) is 0.778. The number of hydrogen-bond acceptors (Lipinski definition) is 1. The molecule has 0 aliphatic heterocycles. The van der Waals surface area contributed by atoms with Crippen molar-refractivity contribution in [2.24, 2.45) is 11.7 Å². The molecule has 0 bridgehead atoms. The van der Waals surface area contributed by atoms with Crippen molar-refractivity contribution in [1.29, 1.82) is 0 Å². The van der Waals surface area contributed by atoms with Crippen LogP contribution in [0.3, 0.4) is 0 Å². The van der Waals surface area contributed by atoms with E-state index in [9.17, 15) is 8.78 Å². The second kappa shape index (κ2) is 3.65. The molecule has 0 fully saturated rings. The SMILES string of the molecule is CC(C)C(C)(N)c1ccc(F)c(F)c1. The van der Waals surface area contributed by atoms with Crippen molar-refractivity contribution in [2.75, 3.05) is 0 Å². The van der Waals surface area contributed by atoms with Crippen LogP contribution in [0.1, 0.15) is 26.3 Å². The van der Waals surface area contributed by atoms with Gasteiger partial charge in [0.15, 0.2) is 11.6 Å². The van der Waals surface area contributed by atoms with Crippen molar-refractivity contribution < 1.29 is 8.78 Å². The minimum absolute atomic E-state index is 0.160. The van der Waals surface area contributed by atoms with Gasteiger partial charge in [-0.1, -0.05) is 19.9 Å². The summed E-state index contributed by atoms with van der Waals surface area (Å²) in [5.74, 6) is -1.53. The summed E-state index contributed by atoms with van der Waals surface area (Å²) in [6.45, 7) is 5.70. The van der Waals surface area contributed by atoms with Gasteiger partial charge in [0, 0.05) is 5.54 Å². The standard InChI is InChI=1S/C11H15F2N/c1-7(2)11(3,14)8-4-5-9(12)10(13)6-8/h4-7H,14H2,1-3H3. The fraction of sp³-hybridized carbons (Fsp3) is 0.455. The summed E-state index contributed by atoms with van der Waals surface area (Å²) < 4.78 is 25.6. The van der Waals surface area contributed by atoms with Gasteiger partial charge in [0.1, 0.15) is 0 Å². The monoisotopic (exact) mass is 199 g/mol. The van der Waals surface area contributed by atoms with Crippen molar-refractivity contribution in [1.82, 2.24) is 0 Å². The molecule has 1 nitrogen and oxygen atoms in total. The number of benzene rings is 1. The zero-order valence-corrected chi connectivity index (χ0v) is 8.64. The maximum atomic E-state index is 12.9. The number of rotatable bonds is 2. The van der Waals surface area contributed by atoms with Crippen LogP contribution in [0.2, 0.25) is 0 Å². The summed E-state index contributed by atoms with van der Waals surface area (Å²) in [5, 5.41) is 0. The van der Waals surface area contributed by atoms with Crippen LogP contribution < -0.4 is 5.73 Å². The Kier molecular flexibility index (Phi) is 2.90. The summed E-state index contributed by atoms with van der Waals surface area (Å²) in [6, 6.07) is 3.80. The Labute approximate surface area is 82.9 Å². The lowest BCUT2D eigenvalue weighted by atomic mass is 9.83. The number of nitrogens with two attached hydrogens (primary N) is 1. The van der Waals surface area contributed by atoms with Gasteiger partial charge in [-0.3, -0.25) is 0 Å². The second-order valence-corrected chi connectivity index (χ2v) is 4.07. The molecule has 1 unspecified atom stereocenters. The Morgan fingerprint density at radius 3 is 2.21 bits per heavy atom. The van der Waals surface area contributed by atoms with Crippen LogP contribution in [0.15, 0.2) is 18.2 Å². The Balaban J connectivity index is 3.14. The first kappa shape index (κ1) is 11.1. The van der Waals surface area contributed by atoms with Gasteiger partial charge in [-0.25, -0.2) is 8.78 Å². The molecule has 14 heavy (non-hydrogen) atoms. The predicted octanol–water partition coefficient (Wildman–Crippen LogP) is 2.79. The normalized spacial score (nSPS) is 15.6. The summed E-state index contributed by atoms with van der Waals surface area (Å²) >= 11 is 0. The van der Waals surface area contributed by atoms with E-state index in [1.165, 1.54) is 6.07 Å². The van der Waals surface area contributed by atoms with Gasteiger partial charge in [0.05, 0.1) is 0 Å². The molecule has 0 spiro atoms. The van der Waals surface area contributed by atoms with Gasteiger partial charge < -0.3 is 5.73 Å². The average molecular weight is 199 g/mol. The lowest BCUT2D eigenvalue weighted by Gasteiger charge is -2.29. The molecule has 0 radical (unpaired) electrons. The molecule has 3 heteroatoms. The molecule has 1 aromatic rings. The molecule has 0 aromatic heterocycles. The molecule has 0 saturated carbocycles. The highest BCUT2D eigenvalue weighted by molar-refractivity contribution is 5.25. The van der Waals surface area contributed by atoms with Crippen LogP contribution in [0.4, 0.5) is 8.78 Å². The topological polar surface area (TPSA) is 26.0 Å². The van der Waals surface area contributed by atoms with Gasteiger partial charge in [-0.05, 0) is 30.5 Å². The highest BCUT2D eigenvalue weighted by Gasteiger charge is 2.26. The van der Waals surface area contributed by atoms with E-state index < -0.39 is 17.2 Å². The summed E-state index contributed by atoms with van der Waals surface area (Å²) in [6.07, 6.45) is 0. The minimum Gasteiger partial charge on any atom is -0.321 e. The Bertz CT molecular complexity index is 332. The van der Waals surface area contributed by atoms with Gasteiger partial charge >= 0.3 is 0 Å². The van der Waals surface area contributed by atoms with Crippen LogP contribution in [0.5, 0.6) is 0 Å². The zero-order valence-electron chi connectivity index (χ0n) is 8.64. The van der Waals surface area contributed by atoms with Crippen molar-refractivity contribution in [2.45, 2.75) is 26.3 Å². The molecule has 0 saturated heterocycles. The van der Waals surface area contributed by atoms with Crippen LogP contribution in [0.25, 0.3) is 0 Å². The van der Waals surface area contributed by atoms with E-state index >= 15 is 0 Å². The molecule has 1 rings (SSSR count). The summed E-state index contributed by atoms with van der Waals surface area (Å²) in [4.78, 5) is 0. The zero-order chi connectivity index (χ0) is 10.9. The first-order valence-corrected chi connectivity index (χ1v) is 4.60. The van der Waals surface area contributed by atoms with Crippen LogP contribution >= 0.6 is 0 Å². The van der Waals surface area contributed by atoms with Crippen LogP contribution in [-0.4, -0.2) is 0 Å². The molecule has 2 N–H and O–H groups in total.